The van der Waals surface area contributed by atoms with Crippen LogP contribution in [0.5, 0.6) is 0 Å². The van der Waals surface area contributed by atoms with Crippen LogP contribution in [0.15, 0.2) is 24.3 Å². The Morgan fingerprint density at radius 1 is 1.19 bits per heavy atom. The molecule has 0 atom stereocenters. The molecule has 0 spiro atoms. The highest BCUT2D eigenvalue weighted by Gasteiger charge is 2.28. The number of urea groups is 1. The van der Waals surface area contributed by atoms with E-state index in [2.05, 4.69) is 48.3 Å². The Bertz CT molecular complexity index is 911. The number of rotatable bonds is 6. The number of ether oxygens (including phenoxy) is 1. The van der Waals surface area contributed by atoms with E-state index < -0.39 is 0 Å². The van der Waals surface area contributed by atoms with Gasteiger partial charge in [-0.05, 0) is 18.9 Å². The lowest BCUT2D eigenvalue weighted by Gasteiger charge is -2.34. The summed E-state index contributed by atoms with van der Waals surface area (Å²) in [5.74, 6) is 1.83. The largest absolute Gasteiger partial charge is 0.378 e. The van der Waals surface area contributed by atoms with Crippen molar-refractivity contribution in [2.45, 2.75) is 46.1 Å². The van der Waals surface area contributed by atoms with Gasteiger partial charge in [0.25, 0.3) is 0 Å². The molecule has 0 unspecified atom stereocenters. The van der Waals surface area contributed by atoms with Crippen LogP contribution in [0.25, 0.3) is 0 Å². The standard InChI is InChI=1S/C24H33N5O2/c1-3-4-9-25-24(30)29-10-8-21-20(17-29)23(28-11-13-31-14-12-28)27-22(26-21)16-19-7-5-6-18(2)15-19/h5-7,15H,3-4,8-14,16-17H2,1-2H3,(H,25,30). The van der Waals surface area contributed by atoms with E-state index in [9.17, 15) is 4.79 Å². The van der Waals surface area contributed by atoms with E-state index in [1.54, 1.807) is 0 Å². The topological polar surface area (TPSA) is 70.6 Å². The Hall–Kier alpha value is -2.67. The minimum Gasteiger partial charge on any atom is -0.378 e. The first-order valence-electron chi connectivity index (χ1n) is 11.4. The molecule has 0 aliphatic carbocycles. The van der Waals surface area contributed by atoms with E-state index in [1.807, 2.05) is 4.90 Å². The van der Waals surface area contributed by atoms with Crippen molar-refractivity contribution in [2.24, 2.45) is 0 Å². The van der Waals surface area contributed by atoms with Crippen molar-refractivity contribution in [3.05, 3.63) is 52.5 Å². The number of hydrogen-bond donors (Lipinski definition) is 1. The highest BCUT2D eigenvalue weighted by Crippen LogP contribution is 2.28. The summed E-state index contributed by atoms with van der Waals surface area (Å²) in [5, 5.41) is 3.05. The number of nitrogens with zero attached hydrogens (tertiary/aromatic N) is 4. The van der Waals surface area contributed by atoms with Crippen molar-refractivity contribution in [1.29, 1.82) is 0 Å². The van der Waals surface area contributed by atoms with Crippen LogP contribution in [0.3, 0.4) is 0 Å². The number of aromatic nitrogens is 2. The highest BCUT2D eigenvalue weighted by molar-refractivity contribution is 5.75. The number of carbonyl (C=O) groups excluding carboxylic acids is 1. The summed E-state index contributed by atoms with van der Waals surface area (Å²) in [5.41, 5.74) is 4.64. The van der Waals surface area contributed by atoms with Gasteiger partial charge in [0.15, 0.2) is 0 Å². The first-order valence-corrected chi connectivity index (χ1v) is 11.4. The Morgan fingerprint density at radius 3 is 2.81 bits per heavy atom. The van der Waals surface area contributed by atoms with Gasteiger partial charge < -0.3 is 19.9 Å². The predicted molar refractivity (Wildman–Crippen MR) is 121 cm³/mol. The molecular formula is C24H33N5O2. The number of unbranched alkanes of at least 4 members (excludes halogenated alkanes) is 1. The molecular weight excluding hydrogens is 390 g/mol. The molecule has 7 heteroatoms. The van der Waals surface area contributed by atoms with Crippen LogP contribution >= 0.6 is 0 Å². The van der Waals surface area contributed by atoms with Crippen molar-refractivity contribution < 1.29 is 9.53 Å². The highest BCUT2D eigenvalue weighted by atomic mass is 16.5. The van der Waals surface area contributed by atoms with Gasteiger partial charge >= 0.3 is 6.03 Å². The average Bonchev–Trinajstić information content (AvgIpc) is 2.79. The quantitative estimate of drug-likeness (QED) is 0.723. The van der Waals surface area contributed by atoms with Crippen LogP contribution in [0.4, 0.5) is 10.6 Å². The van der Waals surface area contributed by atoms with Gasteiger partial charge in [-0.3, -0.25) is 0 Å². The number of hydrogen-bond acceptors (Lipinski definition) is 5. The molecule has 2 aliphatic rings. The van der Waals surface area contributed by atoms with Crippen molar-refractivity contribution in [1.82, 2.24) is 20.2 Å². The maximum atomic E-state index is 12.7. The third-order valence-corrected chi connectivity index (χ3v) is 5.93. The van der Waals surface area contributed by atoms with E-state index in [0.29, 0.717) is 32.7 Å². The molecule has 1 saturated heterocycles. The van der Waals surface area contributed by atoms with Gasteiger partial charge in [-0.15, -0.1) is 0 Å². The molecule has 4 rings (SSSR count). The number of fused-ring (bicyclic) bond motifs is 1. The number of anilines is 1. The molecule has 1 fully saturated rings. The Labute approximate surface area is 184 Å². The third kappa shape index (κ3) is 5.34. The molecule has 3 heterocycles. The second-order valence-corrected chi connectivity index (χ2v) is 8.41. The second kappa shape index (κ2) is 10.1. The lowest BCUT2D eigenvalue weighted by atomic mass is 10.0. The van der Waals surface area contributed by atoms with E-state index >= 15 is 0 Å². The molecule has 2 aromatic rings. The number of benzene rings is 1. The number of amides is 2. The number of aryl methyl sites for hydroxylation is 1. The van der Waals surface area contributed by atoms with Crippen molar-refractivity contribution >= 4 is 11.8 Å². The number of carbonyl (C=O) groups is 1. The number of morpholine rings is 1. The summed E-state index contributed by atoms with van der Waals surface area (Å²) in [6.45, 7) is 9.24. The molecule has 166 valence electrons. The SMILES string of the molecule is CCCCNC(=O)N1CCc2nc(Cc3cccc(C)c3)nc(N3CCOCC3)c2C1. The third-order valence-electron chi connectivity index (χ3n) is 5.93. The molecule has 2 amide bonds. The molecule has 0 saturated carbocycles. The van der Waals surface area contributed by atoms with E-state index in [4.69, 9.17) is 14.7 Å². The smallest absolute Gasteiger partial charge is 0.317 e. The fraction of sp³-hybridized carbons (Fsp3) is 0.542. The minimum absolute atomic E-state index is 0.0101. The van der Waals surface area contributed by atoms with Gasteiger partial charge in [0.2, 0.25) is 0 Å². The Kier molecular flexibility index (Phi) is 7.02. The second-order valence-electron chi connectivity index (χ2n) is 8.41. The monoisotopic (exact) mass is 423 g/mol. The molecule has 0 bridgehead atoms. The lowest BCUT2D eigenvalue weighted by Crippen LogP contribution is -2.45. The van der Waals surface area contributed by atoms with Crippen molar-refractivity contribution in [2.75, 3.05) is 44.3 Å². The van der Waals surface area contributed by atoms with Crippen LogP contribution in [-0.2, 0) is 24.1 Å². The summed E-state index contributed by atoms with van der Waals surface area (Å²) in [6.07, 6.45) is 3.55. The Balaban J connectivity index is 1.60. The molecule has 2 aliphatic heterocycles. The molecule has 31 heavy (non-hydrogen) atoms. The summed E-state index contributed by atoms with van der Waals surface area (Å²) in [6, 6.07) is 8.53. The molecule has 1 N–H and O–H groups in total. The zero-order valence-electron chi connectivity index (χ0n) is 18.7. The zero-order chi connectivity index (χ0) is 21.6. The van der Waals surface area contributed by atoms with Crippen LogP contribution in [0.2, 0.25) is 0 Å². The van der Waals surface area contributed by atoms with E-state index in [-0.39, 0.29) is 6.03 Å². The first kappa shape index (κ1) is 21.6. The summed E-state index contributed by atoms with van der Waals surface area (Å²) >= 11 is 0. The maximum absolute atomic E-state index is 12.7. The van der Waals surface area contributed by atoms with E-state index in [1.165, 1.54) is 11.1 Å². The van der Waals surface area contributed by atoms with Gasteiger partial charge in [0, 0.05) is 44.6 Å². The van der Waals surface area contributed by atoms with Gasteiger partial charge in [-0.1, -0.05) is 43.2 Å². The summed E-state index contributed by atoms with van der Waals surface area (Å²) < 4.78 is 5.56. The average molecular weight is 424 g/mol. The first-order chi connectivity index (χ1) is 15.1. The van der Waals surface area contributed by atoms with Gasteiger partial charge in [0.05, 0.1) is 25.5 Å². The maximum Gasteiger partial charge on any atom is 0.317 e. The van der Waals surface area contributed by atoms with Gasteiger partial charge in [-0.25, -0.2) is 14.8 Å². The van der Waals surface area contributed by atoms with Crippen molar-refractivity contribution in [3.8, 4) is 0 Å². The van der Waals surface area contributed by atoms with Crippen LogP contribution < -0.4 is 10.2 Å². The summed E-state index contributed by atoms with van der Waals surface area (Å²) in [7, 11) is 0. The molecule has 7 nitrogen and oxygen atoms in total. The van der Waals surface area contributed by atoms with Gasteiger partial charge in [0.1, 0.15) is 11.6 Å². The van der Waals surface area contributed by atoms with Crippen LogP contribution in [0, 0.1) is 6.92 Å². The minimum atomic E-state index is 0.0101. The summed E-state index contributed by atoms with van der Waals surface area (Å²) in [4.78, 5) is 26.8. The van der Waals surface area contributed by atoms with Crippen molar-refractivity contribution in [3.63, 3.8) is 0 Å². The zero-order valence-corrected chi connectivity index (χ0v) is 18.7. The molecule has 1 aromatic carbocycles. The van der Waals surface area contributed by atoms with Gasteiger partial charge in [-0.2, -0.15) is 0 Å². The number of nitrogens with one attached hydrogen (secondary N) is 1. The fourth-order valence-electron chi connectivity index (χ4n) is 4.22. The predicted octanol–water partition coefficient (Wildman–Crippen LogP) is 3.08. The fourth-order valence-corrected chi connectivity index (χ4v) is 4.22. The van der Waals surface area contributed by atoms with Crippen LogP contribution in [0.1, 0.15) is 48.0 Å². The molecule has 0 radical (unpaired) electrons. The normalized spacial score (nSPS) is 16.2. The molecule has 1 aromatic heterocycles. The lowest BCUT2D eigenvalue weighted by molar-refractivity contribution is 0.122. The Morgan fingerprint density at radius 2 is 2.03 bits per heavy atom. The van der Waals surface area contributed by atoms with Crippen LogP contribution in [-0.4, -0.2) is 60.3 Å². The van der Waals surface area contributed by atoms with E-state index in [0.717, 1.165) is 61.8 Å².